The van der Waals surface area contributed by atoms with Gasteiger partial charge in [-0.25, -0.2) is 4.79 Å². The molecule has 1 aliphatic heterocycles. The van der Waals surface area contributed by atoms with Crippen LogP contribution in [0, 0.1) is 0 Å². The SMILES string of the molecule is CCOC(=O)c1cc(C(=O)CC)c2c(c1)[C@@H](c1cccc(OC)c1)[C@H](CO)O2. The quantitative estimate of drug-likeness (QED) is 0.582. The highest BCUT2D eigenvalue weighted by atomic mass is 16.5. The number of Topliss-reactive ketones (excluding diaryl/α,β-unsaturated/α-hetero) is 1. The summed E-state index contributed by atoms with van der Waals surface area (Å²) in [5.74, 6) is 0.131. The van der Waals surface area contributed by atoms with Crippen LogP contribution in [0.25, 0.3) is 0 Å². The molecule has 1 N–H and O–H groups in total. The number of aliphatic hydroxyl groups is 1. The number of esters is 1. The number of rotatable bonds is 7. The molecule has 2 aromatic carbocycles. The highest BCUT2D eigenvalue weighted by Gasteiger charge is 2.38. The van der Waals surface area contributed by atoms with Gasteiger partial charge in [-0.3, -0.25) is 4.79 Å². The Hall–Kier alpha value is -2.86. The van der Waals surface area contributed by atoms with Crippen LogP contribution in [0.2, 0.25) is 0 Å². The molecular formula is C22H24O6. The van der Waals surface area contributed by atoms with E-state index in [1.54, 1.807) is 27.0 Å². The summed E-state index contributed by atoms with van der Waals surface area (Å²) in [5, 5.41) is 9.91. The molecule has 0 saturated carbocycles. The third-order valence-electron chi connectivity index (χ3n) is 4.86. The van der Waals surface area contributed by atoms with Crippen LogP contribution in [0.1, 0.15) is 58.0 Å². The Kier molecular flexibility index (Phi) is 5.99. The largest absolute Gasteiger partial charge is 0.497 e. The van der Waals surface area contributed by atoms with Crippen molar-refractivity contribution in [1.29, 1.82) is 0 Å². The van der Waals surface area contributed by atoms with Crippen molar-refractivity contribution in [2.75, 3.05) is 20.3 Å². The van der Waals surface area contributed by atoms with E-state index in [9.17, 15) is 14.7 Å². The van der Waals surface area contributed by atoms with Crippen molar-refractivity contribution in [3.05, 3.63) is 58.7 Å². The zero-order chi connectivity index (χ0) is 20.3. The number of fused-ring (bicyclic) bond motifs is 1. The van der Waals surface area contributed by atoms with Crippen molar-refractivity contribution in [2.45, 2.75) is 32.3 Å². The smallest absolute Gasteiger partial charge is 0.338 e. The summed E-state index contributed by atoms with van der Waals surface area (Å²) in [7, 11) is 1.58. The minimum atomic E-state index is -0.567. The summed E-state index contributed by atoms with van der Waals surface area (Å²) in [6.45, 7) is 3.49. The molecule has 28 heavy (non-hydrogen) atoms. The summed E-state index contributed by atoms with van der Waals surface area (Å²) in [4.78, 5) is 24.9. The van der Waals surface area contributed by atoms with Crippen LogP contribution in [0.4, 0.5) is 0 Å². The predicted octanol–water partition coefficient (Wildman–Crippen LogP) is 3.35. The fraction of sp³-hybridized carbons (Fsp3) is 0.364. The highest BCUT2D eigenvalue weighted by Crippen LogP contribution is 2.45. The first kappa shape index (κ1) is 19.9. The normalized spacial score (nSPS) is 17.6. The van der Waals surface area contributed by atoms with Crippen LogP contribution in [0.5, 0.6) is 11.5 Å². The fourth-order valence-electron chi connectivity index (χ4n) is 3.54. The van der Waals surface area contributed by atoms with E-state index in [2.05, 4.69) is 0 Å². The van der Waals surface area contributed by atoms with Crippen LogP contribution >= 0.6 is 0 Å². The first-order valence-corrected chi connectivity index (χ1v) is 9.33. The van der Waals surface area contributed by atoms with Crippen molar-refractivity contribution in [3.63, 3.8) is 0 Å². The number of carbonyl (C=O) groups excluding carboxylic acids is 2. The number of aliphatic hydroxyl groups excluding tert-OH is 1. The number of hydrogen-bond acceptors (Lipinski definition) is 6. The Morgan fingerprint density at radius 1 is 1.18 bits per heavy atom. The summed E-state index contributed by atoms with van der Waals surface area (Å²) in [6.07, 6.45) is -0.293. The first-order valence-electron chi connectivity index (χ1n) is 9.33. The lowest BCUT2D eigenvalue weighted by molar-refractivity contribution is 0.0526. The average molecular weight is 384 g/mol. The number of methoxy groups -OCH3 is 1. The van der Waals surface area contributed by atoms with E-state index >= 15 is 0 Å². The molecule has 0 fully saturated rings. The Morgan fingerprint density at radius 2 is 1.96 bits per heavy atom. The summed E-state index contributed by atoms with van der Waals surface area (Å²) in [5.41, 5.74) is 2.20. The number of benzene rings is 2. The Bertz CT molecular complexity index is 889. The van der Waals surface area contributed by atoms with Gasteiger partial charge in [0.25, 0.3) is 0 Å². The van der Waals surface area contributed by atoms with E-state index in [0.29, 0.717) is 28.2 Å². The number of hydrogen-bond donors (Lipinski definition) is 1. The van der Waals surface area contributed by atoms with Gasteiger partial charge in [0, 0.05) is 12.0 Å². The molecular weight excluding hydrogens is 360 g/mol. The molecule has 2 atom stereocenters. The van der Waals surface area contributed by atoms with Crippen LogP contribution in [-0.4, -0.2) is 43.3 Å². The van der Waals surface area contributed by atoms with E-state index < -0.39 is 12.1 Å². The number of ketones is 1. The maximum Gasteiger partial charge on any atom is 0.338 e. The standard InChI is InChI=1S/C22H24O6/c1-4-18(24)16-10-14(22(25)27-5-2)11-17-20(19(12-23)28-21(16)17)13-7-6-8-15(9-13)26-3/h6-11,19-20,23H,4-5,12H2,1-3H3/t19-,20+/m0/s1. The zero-order valence-electron chi connectivity index (χ0n) is 16.2. The van der Waals surface area contributed by atoms with Crippen LogP contribution in [-0.2, 0) is 4.74 Å². The van der Waals surface area contributed by atoms with Gasteiger partial charge in [-0.05, 0) is 36.8 Å². The highest BCUT2D eigenvalue weighted by molar-refractivity contribution is 6.02. The lowest BCUT2D eigenvalue weighted by Crippen LogP contribution is -2.24. The van der Waals surface area contributed by atoms with Gasteiger partial charge >= 0.3 is 5.97 Å². The lowest BCUT2D eigenvalue weighted by atomic mass is 9.86. The average Bonchev–Trinajstić information content (AvgIpc) is 3.11. The molecule has 2 aromatic rings. The Balaban J connectivity index is 2.19. The molecule has 1 heterocycles. The van der Waals surface area contributed by atoms with Gasteiger partial charge in [-0.1, -0.05) is 19.1 Å². The van der Waals surface area contributed by atoms with Gasteiger partial charge < -0.3 is 19.3 Å². The molecule has 1 aliphatic rings. The van der Waals surface area contributed by atoms with Crippen LogP contribution in [0.3, 0.4) is 0 Å². The molecule has 3 rings (SSSR count). The minimum absolute atomic E-state index is 0.134. The molecule has 0 aliphatic carbocycles. The third-order valence-corrected chi connectivity index (χ3v) is 4.86. The molecule has 0 saturated heterocycles. The Morgan fingerprint density at radius 3 is 2.61 bits per heavy atom. The maximum atomic E-state index is 12.5. The maximum absolute atomic E-state index is 12.5. The predicted molar refractivity (Wildman–Crippen MR) is 103 cm³/mol. The molecule has 0 spiro atoms. The summed E-state index contributed by atoms with van der Waals surface area (Å²) < 4.78 is 16.4. The van der Waals surface area contributed by atoms with E-state index in [4.69, 9.17) is 14.2 Å². The van der Waals surface area contributed by atoms with Crippen LogP contribution in [0.15, 0.2) is 36.4 Å². The van der Waals surface area contributed by atoms with Gasteiger partial charge in [-0.15, -0.1) is 0 Å². The second-order valence-corrected chi connectivity index (χ2v) is 6.53. The van der Waals surface area contributed by atoms with Crippen molar-refractivity contribution < 1.29 is 28.9 Å². The summed E-state index contributed by atoms with van der Waals surface area (Å²) in [6, 6.07) is 10.7. The van der Waals surface area contributed by atoms with E-state index in [1.807, 2.05) is 24.3 Å². The monoisotopic (exact) mass is 384 g/mol. The van der Waals surface area contributed by atoms with Crippen molar-refractivity contribution >= 4 is 11.8 Å². The molecule has 0 bridgehead atoms. The second kappa shape index (κ2) is 8.44. The lowest BCUT2D eigenvalue weighted by Gasteiger charge is -2.18. The van der Waals surface area contributed by atoms with Gasteiger partial charge in [0.2, 0.25) is 0 Å². The Labute approximate surface area is 164 Å². The van der Waals surface area contributed by atoms with Gasteiger partial charge in [-0.2, -0.15) is 0 Å². The van der Waals surface area contributed by atoms with Crippen molar-refractivity contribution in [2.24, 2.45) is 0 Å². The van der Waals surface area contributed by atoms with Crippen molar-refractivity contribution in [1.82, 2.24) is 0 Å². The minimum Gasteiger partial charge on any atom is -0.497 e. The van der Waals surface area contributed by atoms with Gasteiger partial charge in [0.15, 0.2) is 5.78 Å². The van der Waals surface area contributed by atoms with Crippen LogP contribution < -0.4 is 9.47 Å². The van der Waals surface area contributed by atoms with E-state index in [-0.39, 0.29) is 31.3 Å². The van der Waals surface area contributed by atoms with Crippen molar-refractivity contribution in [3.8, 4) is 11.5 Å². The van der Waals surface area contributed by atoms with Gasteiger partial charge in [0.1, 0.15) is 17.6 Å². The van der Waals surface area contributed by atoms with Gasteiger partial charge in [0.05, 0.1) is 37.4 Å². The molecule has 148 valence electrons. The third kappa shape index (κ3) is 3.60. The zero-order valence-corrected chi connectivity index (χ0v) is 16.2. The second-order valence-electron chi connectivity index (χ2n) is 6.53. The van der Waals surface area contributed by atoms with E-state index in [0.717, 1.165) is 5.56 Å². The number of ether oxygens (including phenoxy) is 3. The van der Waals surface area contributed by atoms with E-state index in [1.165, 1.54) is 6.07 Å². The number of carbonyl (C=O) groups is 2. The first-order chi connectivity index (χ1) is 13.5. The molecule has 0 unspecified atom stereocenters. The fourth-order valence-corrected chi connectivity index (χ4v) is 3.54. The molecule has 6 nitrogen and oxygen atoms in total. The molecule has 6 heteroatoms. The molecule has 0 aromatic heterocycles. The summed E-state index contributed by atoms with van der Waals surface area (Å²) >= 11 is 0. The topological polar surface area (TPSA) is 82.1 Å². The molecule has 0 amide bonds. The molecule has 0 radical (unpaired) electrons.